The Kier molecular flexibility index (Phi) is 15.4. The van der Waals surface area contributed by atoms with Crippen LogP contribution < -0.4 is 0 Å². The van der Waals surface area contributed by atoms with E-state index in [-0.39, 0.29) is 5.41 Å². The maximum absolute atomic E-state index is 4.46. The molecule has 0 aromatic heterocycles. The summed E-state index contributed by atoms with van der Waals surface area (Å²) in [4.78, 5) is 0. The third kappa shape index (κ3) is 13.6. The van der Waals surface area contributed by atoms with Gasteiger partial charge in [0.1, 0.15) is 0 Å². The van der Waals surface area contributed by atoms with Crippen molar-refractivity contribution in [2.24, 2.45) is 29.1 Å². The van der Waals surface area contributed by atoms with Crippen LogP contribution >= 0.6 is 0 Å². The molecule has 1 aliphatic rings. The van der Waals surface area contributed by atoms with Crippen molar-refractivity contribution in [2.45, 2.75) is 144 Å². The van der Waals surface area contributed by atoms with Gasteiger partial charge in [0.2, 0.25) is 0 Å². The van der Waals surface area contributed by atoms with Crippen molar-refractivity contribution in [3.05, 3.63) is 36.5 Å². The molecule has 33 heavy (non-hydrogen) atoms. The van der Waals surface area contributed by atoms with E-state index in [9.17, 15) is 0 Å². The molecule has 0 saturated heterocycles. The normalized spacial score (nSPS) is 26.8. The predicted octanol–water partition coefficient (Wildman–Crippen LogP) is 11.5. The Balaban J connectivity index is 2.72. The van der Waals surface area contributed by atoms with E-state index in [1.54, 1.807) is 5.57 Å². The van der Waals surface area contributed by atoms with E-state index in [1.807, 2.05) is 0 Å². The Labute approximate surface area is 209 Å². The number of rotatable bonds is 12. The first-order valence-corrected chi connectivity index (χ1v) is 14.7. The third-order valence-electron chi connectivity index (χ3n) is 8.03. The summed E-state index contributed by atoms with van der Waals surface area (Å²) in [5.74, 6) is 2.69. The van der Waals surface area contributed by atoms with Crippen molar-refractivity contribution in [3.63, 3.8) is 0 Å². The van der Waals surface area contributed by atoms with Crippen LogP contribution in [0.2, 0.25) is 0 Å². The summed E-state index contributed by atoms with van der Waals surface area (Å²) in [6.45, 7) is 23.0. The van der Waals surface area contributed by atoms with Gasteiger partial charge in [0, 0.05) is 0 Å². The van der Waals surface area contributed by atoms with Crippen LogP contribution in [0.25, 0.3) is 0 Å². The van der Waals surface area contributed by atoms with Crippen LogP contribution in [-0.2, 0) is 0 Å². The molecule has 0 aromatic rings. The minimum atomic E-state index is 0.245. The van der Waals surface area contributed by atoms with Gasteiger partial charge < -0.3 is 0 Å². The van der Waals surface area contributed by atoms with Gasteiger partial charge in [0.15, 0.2) is 0 Å². The van der Waals surface area contributed by atoms with Crippen molar-refractivity contribution in [3.8, 4) is 0 Å². The lowest BCUT2D eigenvalue weighted by atomic mass is 9.76. The van der Waals surface area contributed by atoms with E-state index in [1.165, 1.54) is 108 Å². The van der Waals surface area contributed by atoms with E-state index >= 15 is 0 Å². The maximum Gasteiger partial charge on any atom is -0.0200 e. The number of hydrogen-bond donors (Lipinski definition) is 0. The Morgan fingerprint density at radius 2 is 1.45 bits per heavy atom. The largest absolute Gasteiger partial charge is 0.103 e. The second-order valence-corrected chi connectivity index (χ2v) is 12.5. The van der Waals surface area contributed by atoms with Crippen molar-refractivity contribution in [1.82, 2.24) is 0 Å². The molecule has 1 aliphatic carbocycles. The van der Waals surface area contributed by atoms with Gasteiger partial charge in [-0.25, -0.2) is 0 Å². The van der Waals surface area contributed by atoms with E-state index in [0.29, 0.717) is 17.8 Å². The van der Waals surface area contributed by atoms with Gasteiger partial charge in [-0.1, -0.05) is 136 Å². The van der Waals surface area contributed by atoms with Crippen LogP contribution in [0.3, 0.4) is 0 Å². The molecule has 192 valence electrons. The highest BCUT2D eigenvalue weighted by Gasteiger charge is 2.26. The van der Waals surface area contributed by atoms with Crippen LogP contribution in [0, 0.1) is 29.1 Å². The number of allylic oxidation sites excluding steroid dienone is 4. The molecule has 1 rings (SSSR count). The number of hydrogen-bond acceptors (Lipinski definition) is 0. The van der Waals surface area contributed by atoms with Gasteiger partial charge in [0.05, 0.1) is 0 Å². The average Bonchev–Trinajstić information content (AvgIpc) is 2.76. The van der Waals surface area contributed by atoms with Gasteiger partial charge in [-0.05, 0) is 67.6 Å². The summed E-state index contributed by atoms with van der Waals surface area (Å²) in [6, 6.07) is 0. The Morgan fingerprint density at radius 3 is 2.00 bits per heavy atom. The van der Waals surface area contributed by atoms with Crippen molar-refractivity contribution < 1.29 is 0 Å². The maximum atomic E-state index is 4.46. The van der Waals surface area contributed by atoms with Crippen LogP contribution in [0.4, 0.5) is 0 Å². The van der Waals surface area contributed by atoms with Gasteiger partial charge >= 0.3 is 0 Å². The molecule has 0 nitrogen and oxygen atoms in total. The lowest BCUT2D eigenvalue weighted by Crippen LogP contribution is -2.18. The van der Waals surface area contributed by atoms with Gasteiger partial charge in [-0.15, -0.1) is 6.58 Å². The fourth-order valence-corrected chi connectivity index (χ4v) is 5.83. The first-order valence-electron chi connectivity index (χ1n) is 14.7. The Hall–Kier alpha value is -0.780. The van der Waals surface area contributed by atoms with Gasteiger partial charge in [0.25, 0.3) is 0 Å². The van der Waals surface area contributed by atoms with Crippen LogP contribution in [0.15, 0.2) is 36.5 Å². The van der Waals surface area contributed by atoms with E-state index in [0.717, 1.165) is 5.92 Å². The molecule has 0 spiro atoms. The summed E-state index contributed by atoms with van der Waals surface area (Å²) in [5.41, 5.74) is 3.41. The first-order chi connectivity index (χ1) is 15.7. The first kappa shape index (κ1) is 30.3. The fraction of sp³-hybridized carbons (Fsp3) is 0.818. The molecule has 0 N–H and O–H groups in total. The molecular weight excluding hydrogens is 396 g/mol. The molecule has 1 saturated carbocycles. The Morgan fingerprint density at radius 1 is 0.879 bits per heavy atom. The molecule has 0 radical (unpaired) electrons. The van der Waals surface area contributed by atoms with E-state index < -0.39 is 0 Å². The molecule has 0 bridgehead atoms. The molecule has 0 aromatic carbocycles. The van der Waals surface area contributed by atoms with Crippen LogP contribution in [-0.4, -0.2) is 0 Å². The number of unbranched alkanes of at least 4 members (excludes halogenated alkanes) is 9. The SMILES string of the molecule is C=CC1CCCC(=C)C(C)CC(C)C(=CC(C)(C)C)CC1CCCCCCCCCCCC. The highest BCUT2D eigenvalue weighted by molar-refractivity contribution is 5.14. The molecule has 0 aliphatic heterocycles. The van der Waals surface area contributed by atoms with Crippen molar-refractivity contribution in [2.75, 3.05) is 0 Å². The standard InChI is InChI=1S/C33H60/c1-9-11-12-13-14-15-16-17-18-19-22-31-25-32(26-33(6,7)8)29(5)24-28(4)27(3)21-20-23-30(31)10-2/h10,26,28-31H,2-3,9,11-25H2,1,4-8H3. The second-order valence-electron chi connectivity index (χ2n) is 12.5. The minimum absolute atomic E-state index is 0.245. The molecule has 0 heterocycles. The van der Waals surface area contributed by atoms with Crippen LogP contribution in [0.5, 0.6) is 0 Å². The Bertz CT molecular complexity index is 557. The molecular formula is C33H60. The summed E-state index contributed by atoms with van der Waals surface area (Å²) >= 11 is 0. The minimum Gasteiger partial charge on any atom is -0.103 e. The molecule has 0 heteroatoms. The van der Waals surface area contributed by atoms with Gasteiger partial charge in [-0.2, -0.15) is 0 Å². The zero-order chi connectivity index (χ0) is 24.7. The third-order valence-corrected chi connectivity index (χ3v) is 8.03. The fourth-order valence-electron chi connectivity index (χ4n) is 5.83. The highest BCUT2D eigenvalue weighted by atomic mass is 14.3. The highest BCUT2D eigenvalue weighted by Crippen LogP contribution is 2.39. The van der Waals surface area contributed by atoms with Crippen molar-refractivity contribution in [1.29, 1.82) is 0 Å². The summed E-state index contributed by atoms with van der Waals surface area (Å²) < 4.78 is 0. The summed E-state index contributed by atoms with van der Waals surface area (Å²) in [6.07, 6.45) is 26.8. The lowest BCUT2D eigenvalue weighted by molar-refractivity contribution is 0.320. The van der Waals surface area contributed by atoms with E-state index in [4.69, 9.17) is 0 Å². The zero-order valence-corrected chi connectivity index (χ0v) is 23.7. The predicted molar refractivity (Wildman–Crippen MR) is 152 cm³/mol. The molecule has 0 amide bonds. The molecule has 4 atom stereocenters. The summed E-state index contributed by atoms with van der Waals surface area (Å²) in [5, 5.41) is 0. The summed E-state index contributed by atoms with van der Waals surface area (Å²) in [7, 11) is 0. The van der Waals surface area contributed by atoms with Crippen LogP contribution in [0.1, 0.15) is 144 Å². The van der Waals surface area contributed by atoms with E-state index in [2.05, 4.69) is 66.9 Å². The topological polar surface area (TPSA) is 0 Å². The molecule has 4 unspecified atom stereocenters. The second kappa shape index (κ2) is 16.8. The smallest absolute Gasteiger partial charge is 0.0200 e. The van der Waals surface area contributed by atoms with Crippen molar-refractivity contribution >= 4 is 0 Å². The monoisotopic (exact) mass is 456 g/mol. The zero-order valence-electron chi connectivity index (χ0n) is 23.7. The quantitative estimate of drug-likeness (QED) is 0.202. The lowest BCUT2D eigenvalue weighted by Gasteiger charge is -2.30. The molecule has 1 fully saturated rings. The van der Waals surface area contributed by atoms with Gasteiger partial charge in [-0.3, -0.25) is 0 Å². The average molecular weight is 457 g/mol.